The van der Waals surface area contributed by atoms with E-state index in [0.717, 1.165) is 0 Å². The molecule has 1 rings (SSSR count). The van der Waals surface area contributed by atoms with Crippen molar-refractivity contribution < 1.29 is 31.4 Å². The summed E-state index contributed by atoms with van der Waals surface area (Å²) in [4.78, 5) is 0. The van der Waals surface area contributed by atoms with Crippen LogP contribution in [0.15, 0.2) is 24.3 Å². The Balaban J connectivity index is 2.64. The molecule has 9 heteroatoms. The van der Waals surface area contributed by atoms with Crippen molar-refractivity contribution in [3.8, 4) is 5.75 Å². The summed E-state index contributed by atoms with van der Waals surface area (Å²) in [5, 5.41) is 8.67. The molecule has 23 heavy (non-hydrogen) atoms. The van der Waals surface area contributed by atoms with E-state index in [1.807, 2.05) is 0 Å². The fourth-order valence-corrected chi connectivity index (χ4v) is 3.11. The SMILES string of the molecule is C[C@@H](NS(=O)(=O)CCCO)c1cccc(OCCC(F)(F)F)c1. The standard InChI is InChI=1S/C14H20F3NO4S/c1-11(18-23(20,21)9-3-7-19)12-4-2-5-13(10-12)22-8-6-14(15,16)17/h2,4-5,10-11,18-19H,3,6-9H2,1H3/t11-/m1/s1. The molecule has 1 atom stereocenters. The molecule has 132 valence electrons. The molecular formula is C14H20F3NO4S. The molecule has 0 amide bonds. The van der Waals surface area contributed by atoms with E-state index in [1.54, 1.807) is 19.1 Å². The van der Waals surface area contributed by atoms with Crippen molar-refractivity contribution in [2.75, 3.05) is 19.0 Å². The van der Waals surface area contributed by atoms with Crippen molar-refractivity contribution in [3.05, 3.63) is 29.8 Å². The van der Waals surface area contributed by atoms with Crippen LogP contribution in [0.4, 0.5) is 13.2 Å². The molecule has 5 nitrogen and oxygen atoms in total. The van der Waals surface area contributed by atoms with Crippen LogP contribution in [0, 0.1) is 0 Å². The zero-order valence-electron chi connectivity index (χ0n) is 12.6. The lowest BCUT2D eigenvalue weighted by molar-refractivity contribution is -0.139. The lowest BCUT2D eigenvalue weighted by atomic mass is 10.1. The second-order valence-corrected chi connectivity index (χ2v) is 6.90. The number of aliphatic hydroxyl groups excluding tert-OH is 1. The van der Waals surface area contributed by atoms with E-state index in [1.165, 1.54) is 12.1 Å². The monoisotopic (exact) mass is 355 g/mol. The van der Waals surface area contributed by atoms with Gasteiger partial charge in [-0.3, -0.25) is 0 Å². The number of rotatable bonds is 9. The van der Waals surface area contributed by atoms with Crippen LogP contribution in [0.1, 0.15) is 31.4 Å². The molecule has 1 aromatic carbocycles. The van der Waals surface area contributed by atoms with Crippen LogP contribution in [-0.2, 0) is 10.0 Å². The lowest BCUT2D eigenvalue weighted by Crippen LogP contribution is -2.29. The van der Waals surface area contributed by atoms with Gasteiger partial charge < -0.3 is 9.84 Å². The van der Waals surface area contributed by atoms with Crippen molar-refractivity contribution in [3.63, 3.8) is 0 Å². The molecule has 0 aliphatic rings. The highest BCUT2D eigenvalue weighted by molar-refractivity contribution is 7.89. The zero-order valence-corrected chi connectivity index (χ0v) is 13.5. The maximum absolute atomic E-state index is 12.1. The second-order valence-electron chi connectivity index (χ2n) is 5.02. The average molecular weight is 355 g/mol. The van der Waals surface area contributed by atoms with Crippen LogP contribution >= 0.6 is 0 Å². The fraction of sp³-hybridized carbons (Fsp3) is 0.571. The molecule has 0 heterocycles. The van der Waals surface area contributed by atoms with Crippen LogP contribution in [0.5, 0.6) is 5.75 Å². The van der Waals surface area contributed by atoms with Gasteiger partial charge in [0.15, 0.2) is 0 Å². The van der Waals surface area contributed by atoms with E-state index in [4.69, 9.17) is 9.84 Å². The molecule has 0 saturated carbocycles. The van der Waals surface area contributed by atoms with Crippen molar-refractivity contribution in [2.45, 2.75) is 32.0 Å². The van der Waals surface area contributed by atoms with Crippen molar-refractivity contribution in [1.29, 1.82) is 0 Å². The molecule has 0 aliphatic carbocycles. The number of sulfonamides is 1. The third-order valence-electron chi connectivity index (χ3n) is 2.94. The van der Waals surface area contributed by atoms with Gasteiger partial charge in [0.2, 0.25) is 10.0 Å². The van der Waals surface area contributed by atoms with Crippen LogP contribution < -0.4 is 9.46 Å². The molecule has 0 saturated heterocycles. The summed E-state index contributed by atoms with van der Waals surface area (Å²) in [5.74, 6) is 0.0449. The lowest BCUT2D eigenvalue weighted by Gasteiger charge is -2.16. The van der Waals surface area contributed by atoms with E-state index in [2.05, 4.69) is 4.72 Å². The maximum atomic E-state index is 12.1. The van der Waals surface area contributed by atoms with E-state index >= 15 is 0 Å². The molecule has 0 unspecified atom stereocenters. The Morgan fingerprint density at radius 3 is 2.65 bits per heavy atom. The van der Waals surface area contributed by atoms with Crippen molar-refractivity contribution in [2.24, 2.45) is 0 Å². The zero-order chi connectivity index (χ0) is 17.5. The van der Waals surface area contributed by atoms with Gasteiger partial charge in [-0.1, -0.05) is 12.1 Å². The Bertz CT molecular complexity index is 590. The number of aliphatic hydroxyl groups is 1. The average Bonchev–Trinajstić information content (AvgIpc) is 2.44. The predicted molar refractivity (Wildman–Crippen MR) is 79.6 cm³/mol. The van der Waals surface area contributed by atoms with E-state index < -0.39 is 35.3 Å². The molecule has 2 N–H and O–H groups in total. The molecule has 0 radical (unpaired) electrons. The summed E-state index contributed by atoms with van der Waals surface area (Å²) < 4.78 is 67.2. The molecule has 0 fully saturated rings. The first-order chi connectivity index (χ1) is 10.6. The Kier molecular flexibility index (Phi) is 7.30. The molecule has 0 aromatic heterocycles. The van der Waals surface area contributed by atoms with Gasteiger partial charge in [-0.25, -0.2) is 13.1 Å². The van der Waals surface area contributed by atoms with Crippen molar-refractivity contribution in [1.82, 2.24) is 4.72 Å². The van der Waals surface area contributed by atoms with Gasteiger partial charge in [-0.05, 0) is 31.0 Å². The van der Waals surface area contributed by atoms with Crippen LogP contribution in [-0.4, -0.2) is 38.7 Å². The smallest absolute Gasteiger partial charge is 0.392 e. The van der Waals surface area contributed by atoms with Gasteiger partial charge >= 0.3 is 6.18 Å². The fourth-order valence-electron chi connectivity index (χ4n) is 1.81. The van der Waals surface area contributed by atoms with Crippen LogP contribution in [0.3, 0.4) is 0 Å². The molecule has 0 aliphatic heterocycles. The Hall–Kier alpha value is -1.32. The minimum absolute atomic E-state index is 0.128. The largest absolute Gasteiger partial charge is 0.493 e. The van der Waals surface area contributed by atoms with E-state index in [-0.39, 0.29) is 24.5 Å². The second kappa shape index (κ2) is 8.51. The summed E-state index contributed by atoms with van der Waals surface area (Å²) in [7, 11) is -3.54. The highest BCUT2D eigenvalue weighted by Gasteiger charge is 2.26. The molecule has 0 spiro atoms. The Morgan fingerprint density at radius 1 is 1.35 bits per heavy atom. The molecular weight excluding hydrogens is 335 g/mol. The number of benzene rings is 1. The number of hydrogen-bond donors (Lipinski definition) is 2. The van der Waals surface area contributed by atoms with Gasteiger partial charge in [0, 0.05) is 12.6 Å². The van der Waals surface area contributed by atoms with Gasteiger partial charge in [0.1, 0.15) is 5.75 Å². The normalized spacial score (nSPS) is 13.8. The summed E-state index contributed by atoms with van der Waals surface area (Å²) in [5.41, 5.74) is 0.571. The number of halogens is 3. The summed E-state index contributed by atoms with van der Waals surface area (Å²) >= 11 is 0. The maximum Gasteiger partial charge on any atom is 0.392 e. The summed E-state index contributed by atoms with van der Waals surface area (Å²) in [6.45, 7) is 0.896. The van der Waals surface area contributed by atoms with E-state index in [0.29, 0.717) is 5.56 Å². The number of nitrogens with one attached hydrogen (secondary N) is 1. The topological polar surface area (TPSA) is 75.6 Å². The molecule has 0 bridgehead atoms. The van der Waals surface area contributed by atoms with Crippen LogP contribution in [0.2, 0.25) is 0 Å². The van der Waals surface area contributed by atoms with Crippen LogP contribution in [0.25, 0.3) is 0 Å². The first kappa shape index (κ1) is 19.7. The van der Waals surface area contributed by atoms with Gasteiger partial charge in [0.25, 0.3) is 0 Å². The number of ether oxygens (including phenoxy) is 1. The van der Waals surface area contributed by atoms with Gasteiger partial charge in [-0.15, -0.1) is 0 Å². The first-order valence-corrected chi connectivity index (χ1v) is 8.68. The number of hydrogen-bond acceptors (Lipinski definition) is 4. The highest BCUT2D eigenvalue weighted by Crippen LogP contribution is 2.22. The Labute approximate surface area is 133 Å². The minimum atomic E-state index is -4.28. The van der Waals surface area contributed by atoms with Crippen molar-refractivity contribution >= 4 is 10.0 Å². The summed E-state index contributed by atoms with van der Waals surface area (Å²) in [6.07, 6.45) is -5.21. The third-order valence-corrected chi connectivity index (χ3v) is 4.48. The van der Waals surface area contributed by atoms with Gasteiger partial charge in [0.05, 0.1) is 18.8 Å². The Morgan fingerprint density at radius 2 is 2.04 bits per heavy atom. The third kappa shape index (κ3) is 8.19. The number of alkyl halides is 3. The molecule has 1 aromatic rings. The highest BCUT2D eigenvalue weighted by atomic mass is 32.2. The summed E-state index contributed by atoms with van der Waals surface area (Å²) in [6, 6.07) is 5.67. The predicted octanol–water partition coefficient (Wildman–Crippen LogP) is 2.38. The minimum Gasteiger partial charge on any atom is -0.493 e. The van der Waals surface area contributed by atoms with Gasteiger partial charge in [-0.2, -0.15) is 13.2 Å². The van der Waals surface area contributed by atoms with E-state index in [9.17, 15) is 21.6 Å². The quantitative estimate of drug-likeness (QED) is 0.713. The first-order valence-electron chi connectivity index (χ1n) is 7.03.